The lowest BCUT2D eigenvalue weighted by Crippen LogP contribution is -2.52. The lowest BCUT2D eigenvalue weighted by Gasteiger charge is -2.34. The predicted octanol–water partition coefficient (Wildman–Crippen LogP) is 1.32. The number of nitrogens with one attached hydrogen (secondary N) is 2. The fourth-order valence-corrected chi connectivity index (χ4v) is 3.18. The third kappa shape index (κ3) is 5.15. The van der Waals surface area contributed by atoms with Gasteiger partial charge >= 0.3 is 0 Å². The predicted molar refractivity (Wildman–Crippen MR) is 85.5 cm³/mol. The zero-order valence-electron chi connectivity index (χ0n) is 12.9. The van der Waals surface area contributed by atoms with E-state index in [4.69, 9.17) is 0 Å². The van der Waals surface area contributed by atoms with Gasteiger partial charge in [0.05, 0.1) is 0 Å². The highest BCUT2D eigenvalue weighted by molar-refractivity contribution is 5.87. The number of hydrogen-bond donors (Lipinski definition) is 2. The van der Waals surface area contributed by atoms with E-state index in [1.165, 1.54) is 6.42 Å². The van der Waals surface area contributed by atoms with Gasteiger partial charge in [0.1, 0.15) is 6.04 Å². The van der Waals surface area contributed by atoms with E-state index in [9.17, 15) is 9.59 Å². The van der Waals surface area contributed by atoms with Crippen LogP contribution in [0.25, 0.3) is 0 Å². The van der Waals surface area contributed by atoms with Crippen molar-refractivity contribution < 1.29 is 9.59 Å². The van der Waals surface area contributed by atoms with E-state index < -0.39 is 0 Å². The minimum absolute atomic E-state index is 0. The first-order chi connectivity index (χ1) is 9.72. The van der Waals surface area contributed by atoms with Gasteiger partial charge in [0.15, 0.2) is 0 Å². The quantitative estimate of drug-likeness (QED) is 0.804. The van der Waals surface area contributed by atoms with Crippen molar-refractivity contribution in [2.45, 2.75) is 51.5 Å². The molecule has 0 aromatic heterocycles. The summed E-state index contributed by atoms with van der Waals surface area (Å²) in [5.41, 5.74) is 0. The van der Waals surface area contributed by atoms with Crippen molar-refractivity contribution in [1.82, 2.24) is 15.5 Å². The lowest BCUT2D eigenvalue weighted by atomic mass is 10.0. The van der Waals surface area contributed by atoms with Crippen LogP contribution in [0.3, 0.4) is 0 Å². The van der Waals surface area contributed by atoms with Crippen molar-refractivity contribution in [3.63, 3.8) is 0 Å². The maximum absolute atomic E-state index is 12.3. The molecule has 0 radical (unpaired) electrons. The molecule has 6 heteroatoms. The molecule has 2 heterocycles. The minimum Gasteiger partial charge on any atom is -0.354 e. The van der Waals surface area contributed by atoms with Gasteiger partial charge in [-0.2, -0.15) is 0 Å². The summed E-state index contributed by atoms with van der Waals surface area (Å²) in [5.74, 6) is 0.831. The number of carbonyl (C=O) groups is 2. The molecule has 0 bridgehead atoms. The molecule has 0 aromatic rings. The van der Waals surface area contributed by atoms with E-state index in [-0.39, 0.29) is 30.3 Å². The third-order valence-electron chi connectivity index (χ3n) is 4.44. The first kappa shape index (κ1) is 18.2. The smallest absolute Gasteiger partial charge is 0.242 e. The van der Waals surface area contributed by atoms with Gasteiger partial charge in [0.25, 0.3) is 0 Å². The van der Waals surface area contributed by atoms with Gasteiger partial charge in [0, 0.05) is 19.5 Å². The van der Waals surface area contributed by atoms with Crippen molar-refractivity contribution in [2.75, 3.05) is 26.2 Å². The number of likely N-dealkylation sites (tertiary alicyclic amines) is 1. The van der Waals surface area contributed by atoms with Gasteiger partial charge in [-0.1, -0.05) is 6.92 Å². The molecule has 2 saturated heterocycles. The monoisotopic (exact) mass is 317 g/mol. The molecule has 0 aromatic carbocycles. The second kappa shape index (κ2) is 9.26. The SMILES string of the molecule is CCC(=O)N1CCCCC1C(=O)NCCC1CCNC1.Cl. The van der Waals surface area contributed by atoms with E-state index in [2.05, 4.69) is 10.6 Å². The number of hydrogen-bond acceptors (Lipinski definition) is 3. The summed E-state index contributed by atoms with van der Waals surface area (Å²) < 4.78 is 0. The summed E-state index contributed by atoms with van der Waals surface area (Å²) in [4.78, 5) is 26.0. The van der Waals surface area contributed by atoms with Gasteiger partial charge in [-0.25, -0.2) is 0 Å². The van der Waals surface area contributed by atoms with E-state index in [1.54, 1.807) is 4.90 Å². The van der Waals surface area contributed by atoms with Crippen molar-refractivity contribution >= 4 is 24.2 Å². The Bertz CT molecular complexity index is 346. The van der Waals surface area contributed by atoms with E-state index in [1.807, 2.05) is 6.92 Å². The molecule has 21 heavy (non-hydrogen) atoms. The number of nitrogens with zero attached hydrogens (tertiary/aromatic N) is 1. The molecule has 2 amide bonds. The fourth-order valence-electron chi connectivity index (χ4n) is 3.18. The van der Waals surface area contributed by atoms with Crippen LogP contribution < -0.4 is 10.6 Å². The summed E-state index contributed by atoms with van der Waals surface area (Å²) in [7, 11) is 0. The zero-order chi connectivity index (χ0) is 14.4. The Kier molecular flexibility index (Phi) is 8.04. The molecule has 122 valence electrons. The number of piperidine rings is 1. The summed E-state index contributed by atoms with van der Waals surface area (Å²) >= 11 is 0. The average molecular weight is 318 g/mol. The molecule has 2 aliphatic heterocycles. The first-order valence-corrected chi connectivity index (χ1v) is 8.00. The number of carbonyl (C=O) groups excluding carboxylic acids is 2. The Labute approximate surface area is 133 Å². The standard InChI is InChI=1S/C15H27N3O2.ClH/c1-2-14(19)18-10-4-3-5-13(18)15(20)17-9-7-12-6-8-16-11-12;/h12-13,16H,2-11H2,1H3,(H,17,20);1H. The Morgan fingerprint density at radius 2 is 2.10 bits per heavy atom. The van der Waals surface area contributed by atoms with Crippen LogP contribution in [-0.2, 0) is 9.59 Å². The average Bonchev–Trinajstić information content (AvgIpc) is 2.99. The van der Waals surface area contributed by atoms with Crippen LogP contribution in [0.4, 0.5) is 0 Å². The highest BCUT2D eigenvalue weighted by atomic mass is 35.5. The Morgan fingerprint density at radius 3 is 2.76 bits per heavy atom. The highest BCUT2D eigenvalue weighted by Crippen LogP contribution is 2.18. The lowest BCUT2D eigenvalue weighted by molar-refractivity contribution is -0.142. The number of halogens is 1. The molecule has 2 rings (SSSR count). The second-order valence-corrected chi connectivity index (χ2v) is 5.89. The number of amides is 2. The molecule has 2 atom stereocenters. The van der Waals surface area contributed by atoms with Gasteiger partial charge in [-0.3, -0.25) is 9.59 Å². The highest BCUT2D eigenvalue weighted by Gasteiger charge is 2.31. The maximum Gasteiger partial charge on any atom is 0.242 e. The molecule has 0 saturated carbocycles. The van der Waals surface area contributed by atoms with Crippen LogP contribution in [0.1, 0.15) is 45.4 Å². The van der Waals surface area contributed by atoms with Crippen molar-refractivity contribution in [2.24, 2.45) is 5.92 Å². The van der Waals surface area contributed by atoms with Crippen LogP contribution in [0, 0.1) is 5.92 Å². The largest absolute Gasteiger partial charge is 0.354 e. The fraction of sp³-hybridized carbons (Fsp3) is 0.867. The topological polar surface area (TPSA) is 61.4 Å². The van der Waals surface area contributed by atoms with Gasteiger partial charge in [-0.05, 0) is 51.1 Å². The Morgan fingerprint density at radius 1 is 1.29 bits per heavy atom. The van der Waals surface area contributed by atoms with Gasteiger partial charge in [-0.15, -0.1) is 12.4 Å². The Balaban J connectivity index is 0.00000220. The summed E-state index contributed by atoms with van der Waals surface area (Å²) in [6.07, 6.45) is 5.59. The normalized spacial score (nSPS) is 25.3. The minimum atomic E-state index is -0.238. The summed E-state index contributed by atoms with van der Waals surface area (Å²) in [6, 6.07) is -0.238. The number of rotatable bonds is 5. The van der Waals surface area contributed by atoms with Crippen LogP contribution in [0.15, 0.2) is 0 Å². The summed E-state index contributed by atoms with van der Waals surface area (Å²) in [5, 5.41) is 6.37. The van der Waals surface area contributed by atoms with Crippen molar-refractivity contribution in [3.8, 4) is 0 Å². The summed E-state index contributed by atoms with van der Waals surface area (Å²) in [6.45, 7) is 5.49. The van der Waals surface area contributed by atoms with E-state index in [0.717, 1.165) is 51.9 Å². The van der Waals surface area contributed by atoms with E-state index in [0.29, 0.717) is 12.3 Å². The second-order valence-electron chi connectivity index (χ2n) is 5.89. The molecule has 2 unspecified atom stereocenters. The molecule has 5 nitrogen and oxygen atoms in total. The molecule has 0 spiro atoms. The zero-order valence-corrected chi connectivity index (χ0v) is 13.7. The molecule has 2 N–H and O–H groups in total. The van der Waals surface area contributed by atoms with Gasteiger partial charge < -0.3 is 15.5 Å². The van der Waals surface area contributed by atoms with Crippen LogP contribution in [-0.4, -0.2) is 48.9 Å². The maximum atomic E-state index is 12.3. The molecule has 2 fully saturated rings. The van der Waals surface area contributed by atoms with Crippen molar-refractivity contribution in [3.05, 3.63) is 0 Å². The Hall–Kier alpha value is -0.810. The van der Waals surface area contributed by atoms with Crippen LogP contribution >= 0.6 is 12.4 Å². The molecule has 2 aliphatic rings. The van der Waals surface area contributed by atoms with Crippen LogP contribution in [0.2, 0.25) is 0 Å². The van der Waals surface area contributed by atoms with Gasteiger partial charge in [0.2, 0.25) is 11.8 Å². The van der Waals surface area contributed by atoms with E-state index >= 15 is 0 Å². The third-order valence-corrected chi connectivity index (χ3v) is 4.44. The molecule has 0 aliphatic carbocycles. The molecular formula is C15H28ClN3O2. The van der Waals surface area contributed by atoms with Crippen LogP contribution in [0.5, 0.6) is 0 Å². The molecular weight excluding hydrogens is 290 g/mol. The van der Waals surface area contributed by atoms with Crippen molar-refractivity contribution in [1.29, 1.82) is 0 Å². The first-order valence-electron chi connectivity index (χ1n) is 8.00.